The van der Waals surface area contributed by atoms with Gasteiger partial charge in [-0.2, -0.15) is 13.2 Å². The normalized spacial score (nSPS) is 15.5. The Morgan fingerprint density at radius 1 is 1.33 bits per heavy atom. The second-order valence-electron chi connectivity index (χ2n) is 4.97. The van der Waals surface area contributed by atoms with E-state index in [1.807, 2.05) is 0 Å². The fourth-order valence-corrected chi connectivity index (χ4v) is 2.51. The highest BCUT2D eigenvalue weighted by Crippen LogP contribution is 2.42. The maximum atomic E-state index is 12.9. The minimum atomic E-state index is -4.51. The number of aromatic nitrogens is 3. The summed E-state index contributed by atoms with van der Waals surface area (Å²) < 4.78 is 40.2. The smallest absolute Gasteiger partial charge is 0.325 e. The topological polar surface area (TPSA) is 56.7 Å². The fraction of sp³-hybridized carbons (Fsp3) is 0.385. The van der Waals surface area contributed by atoms with Crippen molar-refractivity contribution in [2.75, 3.05) is 0 Å². The molecule has 0 amide bonds. The SMILES string of the molecule is NCc1nnn(-c2ccc(Cl)c(C(F)(F)F)c2)c1C1CC1. The van der Waals surface area contributed by atoms with E-state index >= 15 is 0 Å². The zero-order chi connectivity index (χ0) is 15.2. The van der Waals surface area contributed by atoms with Crippen LogP contribution in [-0.2, 0) is 12.7 Å². The number of hydrogen-bond donors (Lipinski definition) is 1. The molecule has 8 heteroatoms. The molecule has 0 atom stereocenters. The van der Waals surface area contributed by atoms with Crippen LogP contribution in [-0.4, -0.2) is 15.0 Å². The van der Waals surface area contributed by atoms with E-state index in [1.165, 1.54) is 16.8 Å². The molecule has 1 aromatic heterocycles. The van der Waals surface area contributed by atoms with E-state index in [4.69, 9.17) is 17.3 Å². The zero-order valence-corrected chi connectivity index (χ0v) is 11.6. The first-order valence-corrected chi connectivity index (χ1v) is 6.81. The average molecular weight is 317 g/mol. The first-order chi connectivity index (χ1) is 9.91. The van der Waals surface area contributed by atoms with Gasteiger partial charge in [-0.25, -0.2) is 4.68 Å². The summed E-state index contributed by atoms with van der Waals surface area (Å²) >= 11 is 5.63. The highest BCUT2D eigenvalue weighted by molar-refractivity contribution is 6.31. The van der Waals surface area contributed by atoms with Gasteiger partial charge in [0.25, 0.3) is 0 Å². The molecule has 0 unspecified atom stereocenters. The van der Waals surface area contributed by atoms with Crippen LogP contribution in [0.1, 0.15) is 35.7 Å². The fourth-order valence-electron chi connectivity index (χ4n) is 2.28. The molecule has 2 N–H and O–H groups in total. The van der Waals surface area contributed by atoms with E-state index in [0.29, 0.717) is 11.4 Å². The van der Waals surface area contributed by atoms with E-state index in [1.54, 1.807) is 0 Å². The number of halogens is 4. The summed E-state index contributed by atoms with van der Waals surface area (Å²) in [6, 6.07) is 3.71. The lowest BCUT2D eigenvalue weighted by atomic mass is 10.1. The molecule has 0 spiro atoms. The number of hydrogen-bond acceptors (Lipinski definition) is 3. The van der Waals surface area contributed by atoms with Gasteiger partial charge in [-0.1, -0.05) is 16.8 Å². The lowest BCUT2D eigenvalue weighted by Gasteiger charge is -2.12. The third-order valence-corrected chi connectivity index (χ3v) is 3.77. The molecule has 21 heavy (non-hydrogen) atoms. The summed E-state index contributed by atoms with van der Waals surface area (Å²) in [6.45, 7) is 0.214. The van der Waals surface area contributed by atoms with Gasteiger partial charge in [0.1, 0.15) is 5.69 Å². The van der Waals surface area contributed by atoms with Gasteiger partial charge in [0, 0.05) is 12.5 Å². The molecular formula is C13H12ClF3N4. The molecule has 1 fully saturated rings. The quantitative estimate of drug-likeness (QED) is 0.945. The van der Waals surface area contributed by atoms with Gasteiger partial charge in [-0.05, 0) is 31.0 Å². The number of benzene rings is 1. The first-order valence-electron chi connectivity index (χ1n) is 6.43. The molecule has 2 aromatic rings. The van der Waals surface area contributed by atoms with Crippen LogP contribution in [0.25, 0.3) is 5.69 Å². The summed E-state index contributed by atoms with van der Waals surface area (Å²) in [4.78, 5) is 0. The molecule has 1 saturated carbocycles. The van der Waals surface area contributed by atoms with Gasteiger partial charge in [0.15, 0.2) is 0 Å². The average Bonchev–Trinajstić information content (AvgIpc) is 3.17. The molecule has 0 radical (unpaired) electrons. The summed E-state index contributed by atoms with van der Waals surface area (Å²) in [5.41, 5.74) is 6.45. The van der Waals surface area contributed by atoms with E-state index in [0.717, 1.165) is 24.6 Å². The summed E-state index contributed by atoms with van der Waals surface area (Å²) in [6.07, 6.45) is -2.57. The summed E-state index contributed by atoms with van der Waals surface area (Å²) in [5.74, 6) is 0.267. The molecule has 1 aliphatic carbocycles. The van der Waals surface area contributed by atoms with Crippen molar-refractivity contribution in [2.24, 2.45) is 5.73 Å². The third kappa shape index (κ3) is 2.63. The Hall–Kier alpha value is -1.60. The molecular weight excluding hydrogens is 305 g/mol. The largest absolute Gasteiger partial charge is 0.417 e. The molecule has 1 aliphatic rings. The maximum Gasteiger partial charge on any atom is 0.417 e. The Morgan fingerprint density at radius 3 is 2.62 bits per heavy atom. The number of nitrogens with two attached hydrogens (primary N) is 1. The third-order valence-electron chi connectivity index (χ3n) is 3.44. The van der Waals surface area contributed by atoms with Crippen LogP contribution in [0.4, 0.5) is 13.2 Å². The van der Waals surface area contributed by atoms with E-state index < -0.39 is 11.7 Å². The molecule has 112 valence electrons. The molecule has 0 aliphatic heterocycles. The molecule has 0 saturated heterocycles. The van der Waals surface area contributed by atoms with Gasteiger partial charge < -0.3 is 5.73 Å². The highest BCUT2D eigenvalue weighted by Gasteiger charge is 2.35. The van der Waals surface area contributed by atoms with Crippen molar-refractivity contribution in [3.05, 3.63) is 40.2 Å². The van der Waals surface area contributed by atoms with E-state index in [2.05, 4.69) is 10.3 Å². The van der Waals surface area contributed by atoms with Gasteiger partial charge in [-0.15, -0.1) is 5.10 Å². The van der Waals surface area contributed by atoms with Crippen molar-refractivity contribution >= 4 is 11.6 Å². The highest BCUT2D eigenvalue weighted by atomic mass is 35.5. The molecule has 1 aromatic carbocycles. The number of rotatable bonds is 3. The van der Waals surface area contributed by atoms with Crippen molar-refractivity contribution in [1.82, 2.24) is 15.0 Å². The van der Waals surface area contributed by atoms with Crippen LogP contribution >= 0.6 is 11.6 Å². The summed E-state index contributed by atoms with van der Waals surface area (Å²) in [5, 5.41) is 7.57. The maximum absolute atomic E-state index is 12.9. The van der Waals surface area contributed by atoms with Crippen LogP contribution in [0, 0.1) is 0 Å². The Bertz CT molecular complexity index is 677. The van der Waals surface area contributed by atoms with E-state index in [9.17, 15) is 13.2 Å². The van der Waals surface area contributed by atoms with Gasteiger partial charge in [-0.3, -0.25) is 0 Å². The zero-order valence-electron chi connectivity index (χ0n) is 10.9. The Kier molecular flexibility index (Phi) is 3.41. The first kappa shape index (κ1) is 14.3. The molecule has 1 heterocycles. The summed E-state index contributed by atoms with van der Waals surface area (Å²) in [7, 11) is 0. The predicted octanol–water partition coefficient (Wildman–Crippen LogP) is 3.28. The Balaban J connectivity index is 2.11. The number of alkyl halides is 3. The van der Waals surface area contributed by atoms with Gasteiger partial charge in [0.2, 0.25) is 0 Å². The van der Waals surface area contributed by atoms with Crippen molar-refractivity contribution in [2.45, 2.75) is 31.5 Å². The minimum absolute atomic E-state index is 0.214. The lowest BCUT2D eigenvalue weighted by molar-refractivity contribution is -0.137. The number of nitrogens with zero attached hydrogens (tertiary/aromatic N) is 3. The predicted molar refractivity (Wildman–Crippen MR) is 71.2 cm³/mol. The minimum Gasteiger partial charge on any atom is -0.325 e. The van der Waals surface area contributed by atoms with Crippen LogP contribution in [0.15, 0.2) is 18.2 Å². The van der Waals surface area contributed by atoms with Crippen LogP contribution < -0.4 is 5.73 Å². The second-order valence-corrected chi connectivity index (χ2v) is 5.38. The molecule has 3 rings (SSSR count). The van der Waals surface area contributed by atoms with Crippen molar-refractivity contribution < 1.29 is 13.2 Å². The Morgan fingerprint density at radius 2 is 2.05 bits per heavy atom. The second kappa shape index (κ2) is 4.99. The standard InChI is InChI=1S/C13H12ClF3N4/c14-10-4-3-8(5-9(10)13(15,16)17)21-12(7-1-2-7)11(6-18)19-20-21/h3-5,7H,1-2,6,18H2. The lowest BCUT2D eigenvalue weighted by Crippen LogP contribution is -2.09. The van der Waals surface area contributed by atoms with Crippen LogP contribution in [0.2, 0.25) is 5.02 Å². The van der Waals surface area contributed by atoms with Crippen LogP contribution in [0.5, 0.6) is 0 Å². The molecule has 4 nitrogen and oxygen atoms in total. The van der Waals surface area contributed by atoms with Crippen molar-refractivity contribution in [3.63, 3.8) is 0 Å². The molecule has 0 bridgehead atoms. The van der Waals surface area contributed by atoms with E-state index in [-0.39, 0.29) is 17.5 Å². The van der Waals surface area contributed by atoms with Gasteiger partial charge in [0.05, 0.1) is 22.0 Å². The van der Waals surface area contributed by atoms with Crippen molar-refractivity contribution in [1.29, 1.82) is 0 Å². The van der Waals surface area contributed by atoms with Crippen molar-refractivity contribution in [3.8, 4) is 5.69 Å². The monoisotopic (exact) mass is 316 g/mol. The van der Waals surface area contributed by atoms with Crippen LogP contribution in [0.3, 0.4) is 0 Å². The Labute approximate surface area is 123 Å². The van der Waals surface area contributed by atoms with Gasteiger partial charge >= 0.3 is 6.18 Å².